The van der Waals surface area contributed by atoms with Gasteiger partial charge in [0.15, 0.2) is 0 Å². The van der Waals surface area contributed by atoms with Gasteiger partial charge in [-0.2, -0.15) is 0 Å². The molecule has 0 atom stereocenters. The van der Waals surface area contributed by atoms with E-state index in [1.165, 1.54) is 28.0 Å². The Kier molecular flexibility index (Phi) is 6.36. The molecule has 1 aromatic carbocycles. The highest BCUT2D eigenvalue weighted by Gasteiger charge is 2.40. The molecule has 0 unspecified atom stereocenters. The minimum atomic E-state index is -0.349. The highest BCUT2D eigenvalue weighted by Crippen LogP contribution is 2.39. The summed E-state index contributed by atoms with van der Waals surface area (Å²) in [6.45, 7) is 4.68. The molecule has 0 fully saturated rings. The van der Waals surface area contributed by atoms with Crippen LogP contribution in [0.5, 0.6) is 5.75 Å². The molecule has 0 saturated heterocycles. The van der Waals surface area contributed by atoms with E-state index < -0.39 is 0 Å². The fourth-order valence-corrected chi connectivity index (χ4v) is 4.30. The van der Waals surface area contributed by atoms with E-state index in [1.807, 2.05) is 17.5 Å². The molecule has 2 aromatic rings. The number of thioether (sulfide) groups is 1. The summed E-state index contributed by atoms with van der Waals surface area (Å²) in [7, 11) is 0. The number of imide groups is 1. The summed E-state index contributed by atoms with van der Waals surface area (Å²) in [5.74, 6) is 0.790. The standard InChI is InChI=1S/C20H21NO4S2/c1-13(2)12-25-15-7-5-14(6-8-15)21-19(23)17(16-4-3-10-26-16)18(20(21)24)27-11-9-22/h3-8,10,13,22H,9,11-12H2,1-2H3. The van der Waals surface area contributed by atoms with E-state index >= 15 is 0 Å². The zero-order chi connectivity index (χ0) is 19.4. The molecule has 1 N–H and O–H groups in total. The third-order valence-electron chi connectivity index (χ3n) is 3.82. The molecule has 142 valence electrons. The second-order valence-corrected chi connectivity index (χ2v) is 8.45. The van der Waals surface area contributed by atoms with Gasteiger partial charge in [-0.05, 0) is 41.6 Å². The molecule has 1 aliphatic heterocycles. The Morgan fingerprint density at radius 1 is 1.15 bits per heavy atom. The number of rotatable bonds is 8. The van der Waals surface area contributed by atoms with Gasteiger partial charge < -0.3 is 9.84 Å². The van der Waals surface area contributed by atoms with Gasteiger partial charge in [0.1, 0.15) is 5.75 Å². The SMILES string of the molecule is CC(C)COc1ccc(N2C(=O)C(SCCO)=C(c3cccs3)C2=O)cc1. The van der Waals surface area contributed by atoms with Crippen LogP contribution < -0.4 is 9.64 Å². The number of ether oxygens (including phenoxy) is 1. The summed E-state index contributed by atoms with van der Waals surface area (Å²) in [5.41, 5.74) is 0.920. The molecule has 2 amide bonds. The van der Waals surface area contributed by atoms with Crippen LogP contribution in [0.25, 0.3) is 5.57 Å². The molecule has 0 radical (unpaired) electrons. The zero-order valence-corrected chi connectivity index (χ0v) is 16.8. The van der Waals surface area contributed by atoms with Crippen LogP contribution in [0.2, 0.25) is 0 Å². The van der Waals surface area contributed by atoms with Gasteiger partial charge >= 0.3 is 0 Å². The van der Waals surface area contributed by atoms with Crippen LogP contribution in [0.15, 0.2) is 46.7 Å². The number of aliphatic hydroxyl groups is 1. The van der Waals surface area contributed by atoms with Crippen LogP contribution in [0.1, 0.15) is 18.7 Å². The number of anilines is 1. The maximum atomic E-state index is 13.0. The topological polar surface area (TPSA) is 66.8 Å². The summed E-state index contributed by atoms with van der Waals surface area (Å²) in [6, 6.07) is 10.7. The van der Waals surface area contributed by atoms with Crippen LogP contribution in [0.3, 0.4) is 0 Å². The lowest BCUT2D eigenvalue weighted by Gasteiger charge is -2.16. The van der Waals surface area contributed by atoms with Crippen molar-refractivity contribution in [1.29, 1.82) is 0 Å². The van der Waals surface area contributed by atoms with Gasteiger partial charge in [0.05, 0.1) is 29.4 Å². The average Bonchev–Trinajstić information content (AvgIpc) is 3.25. The molecule has 0 spiro atoms. The number of hydrogen-bond donors (Lipinski definition) is 1. The normalized spacial score (nSPS) is 14.6. The van der Waals surface area contributed by atoms with Crippen molar-refractivity contribution >= 4 is 46.2 Å². The number of benzene rings is 1. The van der Waals surface area contributed by atoms with Crippen molar-refractivity contribution in [1.82, 2.24) is 0 Å². The first kappa shape index (κ1) is 19.7. The van der Waals surface area contributed by atoms with Crippen LogP contribution in [-0.4, -0.2) is 35.9 Å². The summed E-state index contributed by atoms with van der Waals surface area (Å²) < 4.78 is 5.66. The zero-order valence-electron chi connectivity index (χ0n) is 15.2. The largest absolute Gasteiger partial charge is 0.493 e. The minimum Gasteiger partial charge on any atom is -0.493 e. The van der Waals surface area contributed by atoms with Crippen molar-refractivity contribution in [3.8, 4) is 5.75 Å². The molecule has 27 heavy (non-hydrogen) atoms. The fraction of sp³-hybridized carbons (Fsp3) is 0.300. The molecule has 3 rings (SSSR count). The summed E-state index contributed by atoms with van der Waals surface area (Å²) in [5, 5.41) is 11.0. The van der Waals surface area contributed by atoms with E-state index in [0.717, 1.165) is 4.88 Å². The van der Waals surface area contributed by atoms with Gasteiger partial charge in [-0.25, -0.2) is 4.90 Å². The van der Waals surface area contributed by atoms with Crippen LogP contribution >= 0.6 is 23.1 Å². The molecule has 0 bridgehead atoms. The number of amides is 2. The van der Waals surface area contributed by atoms with E-state index in [4.69, 9.17) is 9.84 Å². The maximum Gasteiger partial charge on any atom is 0.272 e. The van der Waals surface area contributed by atoms with Crippen LogP contribution in [-0.2, 0) is 9.59 Å². The number of thiophene rings is 1. The Balaban J connectivity index is 1.87. The number of nitrogens with zero attached hydrogens (tertiary/aromatic N) is 1. The molecule has 7 heteroatoms. The lowest BCUT2D eigenvalue weighted by Crippen LogP contribution is -2.31. The Morgan fingerprint density at radius 3 is 2.48 bits per heavy atom. The second kappa shape index (κ2) is 8.73. The van der Waals surface area contributed by atoms with E-state index in [1.54, 1.807) is 24.3 Å². The average molecular weight is 404 g/mol. The quantitative estimate of drug-likeness (QED) is 0.679. The third kappa shape index (κ3) is 4.26. The maximum absolute atomic E-state index is 13.0. The molecule has 2 heterocycles. The van der Waals surface area contributed by atoms with E-state index in [-0.39, 0.29) is 18.4 Å². The number of hydrogen-bond acceptors (Lipinski definition) is 6. The van der Waals surface area contributed by atoms with Gasteiger partial charge in [-0.1, -0.05) is 19.9 Å². The summed E-state index contributed by atoms with van der Waals surface area (Å²) in [6.07, 6.45) is 0. The van der Waals surface area contributed by atoms with Gasteiger partial charge in [0.25, 0.3) is 11.8 Å². The second-order valence-electron chi connectivity index (χ2n) is 6.40. The molecule has 1 aromatic heterocycles. The first-order valence-corrected chi connectivity index (χ1v) is 10.5. The monoisotopic (exact) mass is 403 g/mol. The Bertz CT molecular complexity index is 841. The van der Waals surface area contributed by atoms with Crippen molar-refractivity contribution in [3.05, 3.63) is 51.6 Å². The predicted octanol–water partition coefficient (Wildman–Crippen LogP) is 3.79. The Labute approximate surface area is 166 Å². The number of aliphatic hydroxyl groups excluding tert-OH is 1. The molecule has 1 aliphatic rings. The minimum absolute atomic E-state index is 0.0603. The molecule has 0 aliphatic carbocycles. The summed E-state index contributed by atoms with van der Waals surface area (Å²) in [4.78, 5) is 28.3. The van der Waals surface area contributed by atoms with Crippen molar-refractivity contribution in [3.63, 3.8) is 0 Å². The lowest BCUT2D eigenvalue weighted by atomic mass is 10.2. The predicted molar refractivity (Wildman–Crippen MR) is 110 cm³/mol. The van der Waals surface area contributed by atoms with Gasteiger partial charge in [-0.3, -0.25) is 9.59 Å². The van der Waals surface area contributed by atoms with E-state index in [2.05, 4.69) is 13.8 Å². The molecule has 5 nitrogen and oxygen atoms in total. The molecule has 0 saturated carbocycles. The van der Waals surface area contributed by atoms with Crippen molar-refractivity contribution in [2.24, 2.45) is 5.92 Å². The molecular formula is C20H21NO4S2. The van der Waals surface area contributed by atoms with Gasteiger partial charge in [0.2, 0.25) is 0 Å². The highest BCUT2D eigenvalue weighted by molar-refractivity contribution is 8.04. The van der Waals surface area contributed by atoms with Gasteiger partial charge in [0, 0.05) is 10.6 Å². The fourth-order valence-electron chi connectivity index (χ4n) is 2.62. The van der Waals surface area contributed by atoms with E-state index in [9.17, 15) is 9.59 Å². The van der Waals surface area contributed by atoms with Crippen molar-refractivity contribution in [2.75, 3.05) is 23.9 Å². The summed E-state index contributed by atoms with van der Waals surface area (Å²) >= 11 is 2.63. The number of carbonyl (C=O) groups is 2. The van der Waals surface area contributed by atoms with Crippen LogP contribution in [0, 0.1) is 5.92 Å². The smallest absolute Gasteiger partial charge is 0.272 e. The molecular weight excluding hydrogens is 382 g/mol. The lowest BCUT2D eigenvalue weighted by molar-refractivity contribution is -0.119. The highest BCUT2D eigenvalue weighted by atomic mass is 32.2. The van der Waals surface area contributed by atoms with E-state index in [0.29, 0.717) is 40.2 Å². The van der Waals surface area contributed by atoms with Crippen molar-refractivity contribution in [2.45, 2.75) is 13.8 Å². The Hall–Kier alpha value is -2.09. The van der Waals surface area contributed by atoms with Crippen LogP contribution in [0.4, 0.5) is 5.69 Å². The van der Waals surface area contributed by atoms with Crippen molar-refractivity contribution < 1.29 is 19.4 Å². The number of carbonyl (C=O) groups excluding carboxylic acids is 2. The first-order valence-electron chi connectivity index (χ1n) is 8.66. The third-order valence-corrected chi connectivity index (χ3v) is 5.77. The Morgan fingerprint density at radius 2 is 1.89 bits per heavy atom. The van der Waals surface area contributed by atoms with Gasteiger partial charge in [-0.15, -0.1) is 23.1 Å². The first-order chi connectivity index (χ1) is 13.0.